The number of nitrogens with zero attached hydrogens (tertiary/aromatic N) is 1. The first-order valence-electron chi connectivity index (χ1n) is 10.7. The molecule has 0 unspecified atom stereocenters. The molecule has 1 heterocycles. The number of nitrogens with one attached hydrogen (secondary N) is 1. The zero-order valence-electron chi connectivity index (χ0n) is 19.0. The van der Waals surface area contributed by atoms with Gasteiger partial charge < -0.3 is 10.1 Å². The van der Waals surface area contributed by atoms with E-state index in [1.54, 1.807) is 24.3 Å². The van der Waals surface area contributed by atoms with Gasteiger partial charge >= 0.3 is 16.1 Å². The van der Waals surface area contributed by atoms with E-state index in [2.05, 4.69) is 11.9 Å². The van der Waals surface area contributed by atoms with Crippen molar-refractivity contribution in [3.8, 4) is 0 Å². The van der Waals surface area contributed by atoms with Crippen LogP contribution in [0.1, 0.15) is 38.0 Å². The Morgan fingerprint density at radius 2 is 1.53 bits per heavy atom. The first-order valence-corrected chi connectivity index (χ1v) is 12.1. The smallest absolute Gasteiger partial charge is 0.333 e. The number of benzene rings is 3. The van der Waals surface area contributed by atoms with Gasteiger partial charge in [0, 0.05) is 16.5 Å². The van der Waals surface area contributed by atoms with Crippen molar-refractivity contribution in [2.45, 2.75) is 11.8 Å². The Hall–Kier alpha value is -4.35. The molecule has 0 saturated carbocycles. The summed E-state index contributed by atoms with van der Waals surface area (Å²) in [5, 5.41) is 3.84. The number of ether oxygens (including phenoxy) is 1. The van der Waals surface area contributed by atoms with Gasteiger partial charge in [0.05, 0.1) is 22.6 Å². The summed E-state index contributed by atoms with van der Waals surface area (Å²) in [6.07, 6.45) is 0. The molecule has 3 aromatic carbocycles. The van der Waals surface area contributed by atoms with Crippen LogP contribution in [0, 0.1) is 0 Å². The van der Waals surface area contributed by atoms with Crippen molar-refractivity contribution in [1.82, 2.24) is 10.4 Å². The Kier molecular flexibility index (Phi) is 6.69. The molecule has 4 rings (SSSR count). The molecule has 3 amide bonds. The number of hydrogen-bond acceptors (Lipinski definition) is 8. The molecule has 0 fully saturated rings. The summed E-state index contributed by atoms with van der Waals surface area (Å²) in [6, 6.07) is 14.4. The van der Waals surface area contributed by atoms with Gasteiger partial charge in [-0.1, -0.05) is 30.8 Å². The second kappa shape index (κ2) is 9.72. The average molecular weight is 509 g/mol. The second-order valence-corrected chi connectivity index (χ2v) is 9.37. The van der Waals surface area contributed by atoms with Crippen molar-refractivity contribution >= 4 is 44.6 Å². The predicted molar refractivity (Wildman–Crippen MR) is 127 cm³/mol. The maximum Gasteiger partial charge on any atom is 0.333 e. The van der Waals surface area contributed by atoms with Crippen LogP contribution in [0.15, 0.2) is 77.7 Å². The standard InChI is InChI=1S/C25H20N2O8S/c1-15(2)25(31)34-14-13-26-22(28)17-9-11-18(12-10-17)36(32,33)35-27-23(29)19-7-3-5-16-6-4-8-20(21(16)19)24(27)30/h3-12H,1,13-14H2,2H3,(H,26,28). The van der Waals surface area contributed by atoms with E-state index in [0.717, 1.165) is 12.1 Å². The van der Waals surface area contributed by atoms with Crippen LogP contribution in [0.3, 0.4) is 0 Å². The fourth-order valence-electron chi connectivity index (χ4n) is 3.52. The summed E-state index contributed by atoms with van der Waals surface area (Å²) >= 11 is 0. The van der Waals surface area contributed by atoms with E-state index in [4.69, 9.17) is 9.02 Å². The number of carbonyl (C=O) groups excluding carboxylic acids is 4. The molecule has 0 spiro atoms. The highest BCUT2D eigenvalue weighted by Crippen LogP contribution is 2.31. The van der Waals surface area contributed by atoms with E-state index in [9.17, 15) is 27.6 Å². The molecule has 1 aliphatic rings. The van der Waals surface area contributed by atoms with Gasteiger partial charge in [-0.25, -0.2) is 4.79 Å². The molecule has 1 aliphatic heterocycles. The van der Waals surface area contributed by atoms with Crippen LogP contribution in [0.2, 0.25) is 0 Å². The Bertz CT molecular complexity index is 1480. The lowest BCUT2D eigenvalue weighted by Gasteiger charge is -2.25. The second-order valence-electron chi connectivity index (χ2n) is 7.84. The van der Waals surface area contributed by atoms with Crippen LogP contribution in [-0.2, 0) is 23.9 Å². The van der Waals surface area contributed by atoms with Gasteiger partial charge in [0.1, 0.15) is 6.61 Å². The highest BCUT2D eigenvalue weighted by Gasteiger charge is 2.37. The topological polar surface area (TPSA) is 136 Å². The average Bonchev–Trinajstić information content (AvgIpc) is 2.87. The summed E-state index contributed by atoms with van der Waals surface area (Å²) < 4.78 is 35.5. The van der Waals surface area contributed by atoms with E-state index in [1.807, 2.05) is 0 Å². The van der Waals surface area contributed by atoms with Gasteiger partial charge in [-0.2, -0.15) is 8.42 Å². The Morgan fingerprint density at radius 1 is 0.944 bits per heavy atom. The molecule has 0 bridgehead atoms. The molecule has 10 nitrogen and oxygen atoms in total. The van der Waals surface area contributed by atoms with E-state index < -0.39 is 33.8 Å². The summed E-state index contributed by atoms with van der Waals surface area (Å²) in [7, 11) is -4.59. The van der Waals surface area contributed by atoms with E-state index in [0.29, 0.717) is 10.8 Å². The van der Waals surface area contributed by atoms with Crippen LogP contribution < -0.4 is 5.32 Å². The monoisotopic (exact) mass is 508 g/mol. The van der Waals surface area contributed by atoms with E-state index >= 15 is 0 Å². The molecule has 0 saturated heterocycles. The molecule has 0 radical (unpaired) electrons. The van der Waals surface area contributed by atoms with Crippen molar-refractivity contribution in [1.29, 1.82) is 0 Å². The number of hydrogen-bond donors (Lipinski definition) is 1. The number of rotatable bonds is 8. The van der Waals surface area contributed by atoms with Crippen LogP contribution in [0.25, 0.3) is 10.8 Å². The number of esters is 1. The number of amides is 3. The summed E-state index contributed by atoms with van der Waals surface area (Å²) in [6.45, 7) is 4.92. The molecule has 3 aromatic rings. The SMILES string of the molecule is C=C(C)C(=O)OCCNC(=O)c1ccc(S(=O)(=O)ON2C(=O)c3cccc4cccc(c34)C2=O)cc1. The zero-order chi connectivity index (χ0) is 26.0. The minimum absolute atomic E-state index is 0.0361. The van der Waals surface area contributed by atoms with Crippen molar-refractivity contribution in [2.24, 2.45) is 0 Å². The third kappa shape index (κ3) is 4.74. The number of imide groups is 1. The summed E-state index contributed by atoms with van der Waals surface area (Å²) in [5.74, 6) is -2.92. The predicted octanol–water partition coefficient (Wildman–Crippen LogP) is 2.61. The van der Waals surface area contributed by atoms with Gasteiger partial charge in [0.15, 0.2) is 0 Å². The van der Waals surface area contributed by atoms with Crippen LogP contribution in [-0.4, -0.2) is 50.3 Å². The maximum atomic E-state index is 12.9. The minimum atomic E-state index is -4.59. The van der Waals surface area contributed by atoms with Crippen molar-refractivity contribution < 1.29 is 36.6 Å². The van der Waals surface area contributed by atoms with Gasteiger partial charge in [-0.15, -0.1) is 9.35 Å². The van der Waals surface area contributed by atoms with Gasteiger partial charge in [0.25, 0.3) is 17.7 Å². The third-order valence-corrected chi connectivity index (χ3v) is 6.48. The molecule has 184 valence electrons. The van der Waals surface area contributed by atoms with Crippen LogP contribution >= 0.6 is 0 Å². The van der Waals surface area contributed by atoms with Crippen molar-refractivity contribution in [2.75, 3.05) is 13.2 Å². The van der Waals surface area contributed by atoms with Gasteiger partial charge in [-0.3, -0.25) is 14.4 Å². The molecule has 36 heavy (non-hydrogen) atoms. The fourth-order valence-corrected chi connectivity index (χ4v) is 4.41. The molecule has 0 aromatic heterocycles. The summed E-state index contributed by atoms with van der Waals surface area (Å²) in [5.41, 5.74) is 0.637. The lowest BCUT2D eigenvalue weighted by atomic mass is 9.95. The lowest BCUT2D eigenvalue weighted by molar-refractivity contribution is -0.138. The molecular weight excluding hydrogens is 488 g/mol. The Morgan fingerprint density at radius 3 is 2.08 bits per heavy atom. The summed E-state index contributed by atoms with van der Waals surface area (Å²) in [4.78, 5) is 49.0. The molecular formula is C25H20N2O8S. The van der Waals surface area contributed by atoms with Crippen molar-refractivity contribution in [3.63, 3.8) is 0 Å². The fraction of sp³-hybridized carbons (Fsp3) is 0.120. The highest BCUT2D eigenvalue weighted by atomic mass is 32.2. The first kappa shape index (κ1) is 24.8. The molecule has 1 N–H and O–H groups in total. The normalized spacial score (nSPS) is 13.0. The minimum Gasteiger partial charge on any atom is -0.460 e. The number of hydroxylamine groups is 2. The lowest BCUT2D eigenvalue weighted by Crippen LogP contribution is -2.41. The zero-order valence-corrected chi connectivity index (χ0v) is 19.8. The van der Waals surface area contributed by atoms with Gasteiger partial charge in [0.2, 0.25) is 0 Å². The quantitative estimate of drug-likeness (QED) is 0.212. The van der Waals surface area contributed by atoms with Gasteiger partial charge in [-0.05, 0) is 48.7 Å². The Labute approximate surface area is 206 Å². The Balaban J connectivity index is 1.46. The molecule has 0 atom stereocenters. The molecule has 0 aliphatic carbocycles. The van der Waals surface area contributed by atoms with Crippen LogP contribution in [0.4, 0.5) is 0 Å². The van der Waals surface area contributed by atoms with E-state index in [-0.39, 0.29) is 45.4 Å². The van der Waals surface area contributed by atoms with E-state index in [1.165, 1.54) is 31.2 Å². The number of carbonyl (C=O) groups is 4. The highest BCUT2D eigenvalue weighted by molar-refractivity contribution is 7.86. The van der Waals surface area contributed by atoms with Crippen molar-refractivity contribution in [3.05, 3.63) is 89.5 Å². The third-order valence-electron chi connectivity index (χ3n) is 5.28. The van der Waals surface area contributed by atoms with Crippen LogP contribution in [0.5, 0.6) is 0 Å². The first-order chi connectivity index (χ1) is 17.1. The molecule has 11 heteroatoms. The largest absolute Gasteiger partial charge is 0.460 e. The maximum absolute atomic E-state index is 12.9.